The van der Waals surface area contributed by atoms with E-state index in [1.165, 1.54) is 0 Å². The van der Waals surface area contributed by atoms with Gasteiger partial charge in [0.25, 0.3) is 0 Å². The molecule has 0 amide bonds. The summed E-state index contributed by atoms with van der Waals surface area (Å²) in [5.41, 5.74) is -0.866. The van der Waals surface area contributed by atoms with Crippen LogP contribution in [-0.4, -0.2) is 23.3 Å². The summed E-state index contributed by atoms with van der Waals surface area (Å²) in [6, 6.07) is 0. The molecule has 1 rings (SSSR count). The Labute approximate surface area is 98.2 Å². The van der Waals surface area contributed by atoms with Gasteiger partial charge in [-0.05, 0) is 44.4 Å². The van der Waals surface area contributed by atoms with Crippen LogP contribution in [0.5, 0.6) is 0 Å². The topological polar surface area (TPSA) is 46.5 Å². The summed E-state index contributed by atoms with van der Waals surface area (Å²) in [7, 11) is 0. The number of rotatable bonds is 6. The van der Waals surface area contributed by atoms with Gasteiger partial charge in [-0.3, -0.25) is 0 Å². The highest BCUT2D eigenvalue weighted by Gasteiger charge is 2.40. The van der Waals surface area contributed by atoms with E-state index in [-0.39, 0.29) is 0 Å². The molecular weight excluding hydrogens is 204 g/mol. The predicted octanol–water partition coefficient (Wildman–Crippen LogP) is 3.23. The van der Waals surface area contributed by atoms with Crippen molar-refractivity contribution in [2.75, 3.05) is 6.61 Å². The van der Waals surface area contributed by atoms with Crippen LogP contribution in [-0.2, 0) is 9.53 Å². The lowest BCUT2D eigenvalue weighted by atomic mass is 9.84. The maximum Gasteiger partial charge on any atom is 0.335 e. The zero-order valence-electron chi connectivity index (χ0n) is 10.5. The van der Waals surface area contributed by atoms with Gasteiger partial charge < -0.3 is 9.84 Å². The zero-order valence-corrected chi connectivity index (χ0v) is 10.5. The lowest BCUT2D eigenvalue weighted by Gasteiger charge is -2.33. The number of hydrogen-bond acceptors (Lipinski definition) is 2. The van der Waals surface area contributed by atoms with Gasteiger partial charge in [-0.15, -0.1) is 0 Å². The second-order valence-corrected chi connectivity index (χ2v) is 5.24. The van der Waals surface area contributed by atoms with Crippen molar-refractivity contribution >= 4 is 5.97 Å². The van der Waals surface area contributed by atoms with Crippen molar-refractivity contribution in [3.63, 3.8) is 0 Å². The molecule has 1 aliphatic rings. The molecule has 3 heteroatoms. The summed E-state index contributed by atoms with van der Waals surface area (Å²) in [6.45, 7) is 4.94. The Morgan fingerprint density at radius 2 is 1.94 bits per heavy atom. The van der Waals surface area contributed by atoms with Gasteiger partial charge in [0.1, 0.15) is 0 Å². The molecule has 0 aromatic heterocycles. The van der Waals surface area contributed by atoms with Crippen molar-refractivity contribution in [1.29, 1.82) is 0 Å². The highest BCUT2D eigenvalue weighted by atomic mass is 16.5. The molecule has 1 N–H and O–H groups in total. The number of carboxylic acids is 1. The van der Waals surface area contributed by atoms with Crippen LogP contribution in [0.4, 0.5) is 0 Å². The van der Waals surface area contributed by atoms with Crippen LogP contribution in [0.25, 0.3) is 0 Å². The SMILES string of the molecule is CC(C)CCCOC1(C(=O)O)CCCCC1. The maximum absolute atomic E-state index is 11.3. The fraction of sp³-hybridized carbons (Fsp3) is 0.923. The van der Waals surface area contributed by atoms with Crippen LogP contribution in [0.1, 0.15) is 58.8 Å². The second-order valence-electron chi connectivity index (χ2n) is 5.24. The molecule has 0 radical (unpaired) electrons. The second kappa shape index (κ2) is 6.24. The van der Waals surface area contributed by atoms with E-state index in [0.717, 1.165) is 32.1 Å². The average molecular weight is 228 g/mol. The first-order valence-electron chi connectivity index (χ1n) is 6.44. The van der Waals surface area contributed by atoms with Gasteiger partial charge in [-0.2, -0.15) is 0 Å². The fourth-order valence-electron chi connectivity index (χ4n) is 2.30. The molecular formula is C13H24O3. The van der Waals surface area contributed by atoms with Crippen molar-refractivity contribution in [3.8, 4) is 0 Å². The molecule has 1 saturated carbocycles. The van der Waals surface area contributed by atoms with E-state index in [1.54, 1.807) is 0 Å². The molecule has 0 aromatic carbocycles. The first kappa shape index (κ1) is 13.5. The molecule has 0 atom stereocenters. The number of carbonyl (C=O) groups is 1. The monoisotopic (exact) mass is 228 g/mol. The summed E-state index contributed by atoms with van der Waals surface area (Å²) in [5.74, 6) is -0.104. The molecule has 0 spiro atoms. The van der Waals surface area contributed by atoms with Crippen molar-refractivity contribution in [2.45, 2.75) is 64.4 Å². The van der Waals surface area contributed by atoms with Gasteiger partial charge in [0.05, 0.1) is 0 Å². The number of carboxylic acid groups (broad SMARTS) is 1. The van der Waals surface area contributed by atoms with Crippen LogP contribution < -0.4 is 0 Å². The van der Waals surface area contributed by atoms with Crippen molar-refractivity contribution in [2.24, 2.45) is 5.92 Å². The van der Waals surface area contributed by atoms with Gasteiger partial charge in [0.15, 0.2) is 5.60 Å². The van der Waals surface area contributed by atoms with E-state index in [1.807, 2.05) is 0 Å². The van der Waals surface area contributed by atoms with Crippen LogP contribution in [0.15, 0.2) is 0 Å². The van der Waals surface area contributed by atoms with E-state index >= 15 is 0 Å². The van der Waals surface area contributed by atoms with E-state index in [9.17, 15) is 9.90 Å². The third-order valence-electron chi connectivity index (χ3n) is 3.36. The molecule has 1 fully saturated rings. The minimum atomic E-state index is -0.866. The van der Waals surface area contributed by atoms with E-state index in [0.29, 0.717) is 25.4 Å². The predicted molar refractivity (Wildman–Crippen MR) is 63.5 cm³/mol. The normalized spacial score (nSPS) is 19.9. The Morgan fingerprint density at radius 1 is 1.31 bits per heavy atom. The fourth-order valence-corrected chi connectivity index (χ4v) is 2.30. The van der Waals surface area contributed by atoms with Crippen molar-refractivity contribution < 1.29 is 14.6 Å². The van der Waals surface area contributed by atoms with E-state index < -0.39 is 11.6 Å². The highest BCUT2D eigenvalue weighted by Crippen LogP contribution is 2.32. The maximum atomic E-state index is 11.3. The summed E-state index contributed by atoms with van der Waals surface area (Å²) >= 11 is 0. The largest absolute Gasteiger partial charge is 0.479 e. The third kappa shape index (κ3) is 3.78. The first-order valence-corrected chi connectivity index (χ1v) is 6.44. The quantitative estimate of drug-likeness (QED) is 0.710. The number of aliphatic carboxylic acids is 1. The number of hydrogen-bond donors (Lipinski definition) is 1. The van der Waals surface area contributed by atoms with Crippen molar-refractivity contribution in [1.82, 2.24) is 0 Å². The molecule has 3 nitrogen and oxygen atoms in total. The summed E-state index contributed by atoms with van der Waals surface area (Å²) < 4.78 is 5.68. The van der Waals surface area contributed by atoms with Gasteiger partial charge in [0.2, 0.25) is 0 Å². The molecule has 0 bridgehead atoms. The molecule has 94 valence electrons. The lowest BCUT2D eigenvalue weighted by molar-refractivity contribution is -0.171. The van der Waals surface area contributed by atoms with E-state index in [4.69, 9.17) is 4.74 Å². The molecule has 0 aromatic rings. The minimum absolute atomic E-state index is 0.588. The summed E-state index contributed by atoms with van der Waals surface area (Å²) in [6.07, 6.45) is 6.55. The minimum Gasteiger partial charge on any atom is -0.479 e. The molecule has 1 aliphatic carbocycles. The Hall–Kier alpha value is -0.570. The Balaban J connectivity index is 2.36. The summed E-state index contributed by atoms with van der Waals surface area (Å²) in [4.78, 5) is 11.3. The molecule has 0 aliphatic heterocycles. The Morgan fingerprint density at radius 3 is 2.44 bits per heavy atom. The van der Waals surface area contributed by atoms with E-state index in [2.05, 4.69) is 13.8 Å². The molecule has 0 unspecified atom stereocenters. The number of ether oxygens (including phenoxy) is 1. The van der Waals surface area contributed by atoms with Gasteiger partial charge in [-0.25, -0.2) is 4.79 Å². The molecule has 16 heavy (non-hydrogen) atoms. The van der Waals surface area contributed by atoms with Crippen LogP contribution >= 0.6 is 0 Å². The van der Waals surface area contributed by atoms with Crippen LogP contribution in [0.3, 0.4) is 0 Å². The zero-order chi connectivity index (χ0) is 12.0. The Bertz CT molecular complexity index is 217. The van der Waals surface area contributed by atoms with Gasteiger partial charge in [-0.1, -0.05) is 20.3 Å². The molecule has 0 saturated heterocycles. The highest BCUT2D eigenvalue weighted by molar-refractivity contribution is 5.77. The van der Waals surface area contributed by atoms with Gasteiger partial charge >= 0.3 is 5.97 Å². The summed E-state index contributed by atoms with van der Waals surface area (Å²) in [5, 5.41) is 9.27. The standard InChI is InChI=1S/C13H24O3/c1-11(2)7-6-10-16-13(12(14)15)8-4-3-5-9-13/h11H,3-10H2,1-2H3,(H,14,15). The average Bonchev–Trinajstić information content (AvgIpc) is 2.25. The van der Waals surface area contributed by atoms with Crippen LogP contribution in [0.2, 0.25) is 0 Å². The first-order chi connectivity index (χ1) is 7.57. The molecule has 0 heterocycles. The Kier molecular flexibility index (Phi) is 5.26. The van der Waals surface area contributed by atoms with Gasteiger partial charge in [0, 0.05) is 6.61 Å². The third-order valence-corrected chi connectivity index (χ3v) is 3.36. The smallest absolute Gasteiger partial charge is 0.335 e. The van der Waals surface area contributed by atoms with Crippen LogP contribution in [0, 0.1) is 5.92 Å². The van der Waals surface area contributed by atoms with Crippen molar-refractivity contribution in [3.05, 3.63) is 0 Å². The lowest BCUT2D eigenvalue weighted by Crippen LogP contribution is -2.43.